The number of pyridine rings is 1. The van der Waals surface area contributed by atoms with Crippen LogP contribution in [0.25, 0.3) is 10.9 Å². The van der Waals surface area contributed by atoms with Crippen LogP contribution < -0.4 is 10.6 Å². The summed E-state index contributed by atoms with van der Waals surface area (Å²) in [6.07, 6.45) is 2.59. The van der Waals surface area contributed by atoms with E-state index >= 15 is 0 Å². The van der Waals surface area contributed by atoms with Crippen molar-refractivity contribution < 1.29 is 19.2 Å². The van der Waals surface area contributed by atoms with E-state index in [4.69, 9.17) is 0 Å². The molecular formula is C27H28N4O4. The Labute approximate surface area is 203 Å². The van der Waals surface area contributed by atoms with Crippen molar-refractivity contribution in [3.8, 4) is 0 Å². The first-order valence-electron chi connectivity index (χ1n) is 11.6. The van der Waals surface area contributed by atoms with E-state index in [1.807, 2.05) is 50.2 Å². The standard InChI is InChI=1S/C27H28N4O4/c1-17-9-10-19(18(2)14-17)15-29-27(35)25(33)23-8-5-13-31(23)24(32)16-30-26(34)21-11-12-28-22-7-4-3-6-20(21)22/h3-4,6-7,9-12,14,23H,5,8,13,15-16H2,1-2H3,(H,29,35)(H,30,34)/t23-/m0/s1. The maximum atomic E-state index is 12.9. The van der Waals surface area contributed by atoms with Crippen molar-refractivity contribution in [3.63, 3.8) is 0 Å². The number of hydrogen-bond donors (Lipinski definition) is 2. The fourth-order valence-corrected chi connectivity index (χ4v) is 4.44. The number of rotatable bonds is 7. The van der Waals surface area contributed by atoms with Gasteiger partial charge in [-0.05, 0) is 49.9 Å². The van der Waals surface area contributed by atoms with Crippen LogP contribution in [0.5, 0.6) is 0 Å². The number of nitrogens with one attached hydrogen (secondary N) is 2. The van der Waals surface area contributed by atoms with Gasteiger partial charge in [-0.3, -0.25) is 24.2 Å². The lowest BCUT2D eigenvalue weighted by Crippen LogP contribution is -2.49. The normalized spacial score (nSPS) is 15.1. The first kappa shape index (κ1) is 24.1. The highest BCUT2D eigenvalue weighted by Gasteiger charge is 2.37. The number of hydrogen-bond acceptors (Lipinski definition) is 5. The van der Waals surface area contributed by atoms with Crippen molar-refractivity contribution in [3.05, 3.63) is 77.0 Å². The molecule has 2 aromatic carbocycles. The summed E-state index contributed by atoms with van der Waals surface area (Å²) in [5, 5.41) is 6.02. The smallest absolute Gasteiger partial charge is 0.289 e. The van der Waals surface area contributed by atoms with E-state index in [-0.39, 0.29) is 13.1 Å². The Morgan fingerprint density at radius 3 is 2.63 bits per heavy atom. The molecule has 1 fully saturated rings. The Morgan fingerprint density at radius 2 is 1.83 bits per heavy atom. The third-order valence-corrected chi connectivity index (χ3v) is 6.33. The first-order chi connectivity index (χ1) is 16.8. The molecule has 4 rings (SSSR count). The maximum absolute atomic E-state index is 12.9. The summed E-state index contributed by atoms with van der Waals surface area (Å²) in [6.45, 7) is 4.30. The minimum absolute atomic E-state index is 0.243. The number of Topliss-reactive ketones (excluding diaryl/α,β-unsaturated/α-hetero) is 1. The molecule has 35 heavy (non-hydrogen) atoms. The van der Waals surface area contributed by atoms with Crippen LogP contribution in [0.3, 0.4) is 0 Å². The highest BCUT2D eigenvalue weighted by Crippen LogP contribution is 2.19. The van der Waals surface area contributed by atoms with Gasteiger partial charge in [-0.1, -0.05) is 42.0 Å². The Hall–Kier alpha value is -4.07. The van der Waals surface area contributed by atoms with E-state index < -0.39 is 29.5 Å². The van der Waals surface area contributed by atoms with Crippen molar-refractivity contribution >= 4 is 34.4 Å². The van der Waals surface area contributed by atoms with Crippen LogP contribution >= 0.6 is 0 Å². The zero-order valence-electron chi connectivity index (χ0n) is 19.8. The molecule has 0 spiro atoms. The summed E-state index contributed by atoms with van der Waals surface area (Å²) in [7, 11) is 0. The lowest BCUT2D eigenvalue weighted by molar-refractivity contribution is -0.144. The molecule has 8 nitrogen and oxygen atoms in total. The van der Waals surface area contributed by atoms with Crippen molar-refractivity contribution in [1.82, 2.24) is 20.5 Å². The summed E-state index contributed by atoms with van der Waals surface area (Å²) in [6, 6.07) is 13.9. The van der Waals surface area contributed by atoms with Crippen LogP contribution in [0.15, 0.2) is 54.7 Å². The molecule has 0 aliphatic carbocycles. The molecule has 0 bridgehead atoms. The van der Waals surface area contributed by atoms with Crippen LogP contribution in [0.4, 0.5) is 0 Å². The van der Waals surface area contributed by atoms with Gasteiger partial charge < -0.3 is 15.5 Å². The summed E-state index contributed by atoms with van der Waals surface area (Å²) in [4.78, 5) is 56.6. The second-order valence-electron chi connectivity index (χ2n) is 8.78. The van der Waals surface area contributed by atoms with Crippen molar-refractivity contribution in [2.24, 2.45) is 0 Å². The summed E-state index contributed by atoms with van der Waals surface area (Å²) in [5.74, 6) is -2.13. The van der Waals surface area contributed by atoms with Crippen LogP contribution in [0.1, 0.15) is 39.9 Å². The zero-order chi connectivity index (χ0) is 24.9. The molecule has 2 heterocycles. The number of amides is 3. The van der Waals surface area contributed by atoms with E-state index in [1.54, 1.807) is 18.3 Å². The largest absolute Gasteiger partial charge is 0.345 e. The lowest BCUT2D eigenvalue weighted by Gasteiger charge is -2.23. The summed E-state index contributed by atoms with van der Waals surface area (Å²) in [5.41, 5.74) is 4.19. The number of carbonyl (C=O) groups excluding carboxylic acids is 4. The number of fused-ring (bicyclic) bond motifs is 1. The number of nitrogens with zero attached hydrogens (tertiary/aromatic N) is 2. The zero-order valence-corrected chi connectivity index (χ0v) is 19.8. The Kier molecular flexibility index (Phi) is 7.19. The molecule has 180 valence electrons. The van der Waals surface area contributed by atoms with E-state index in [2.05, 4.69) is 15.6 Å². The molecule has 0 unspecified atom stereocenters. The van der Waals surface area contributed by atoms with Gasteiger partial charge in [0.15, 0.2) is 0 Å². The molecule has 1 saturated heterocycles. The number of likely N-dealkylation sites (tertiary alicyclic amines) is 1. The van der Waals surface area contributed by atoms with Gasteiger partial charge in [0, 0.05) is 24.7 Å². The number of benzene rings is 2. The Bertz CT molecular complexity index is 1300. The molecule has 1 aliphatic heterocycles. The second-order valence-corrected chi connectivity index (χ2v) is 8.78. The first-order valence-corrected chi connectivity index (χ1v) is 11.6. The van der Waals surface area contributed by atoms with Crippen molar-refractivity contribution in [2.45, 2.75) is 39.3 Å². The Balaban J connectivity index is 1.35. The van der Waals surface area contributed by atoms with Crippen molar-refractivity contribution in [2.75, 3.05) is 13.1 Å². The fraction of sp³-hybridized carbons (Fsp3) is 0.296. The number of carbonyl (C=O) groups is 4. The van der Waals surface area contributed by atoms with Crippen LogP contribution in [0.2, 0.25) is 0 Å². The molecule has 0 saturated carbocycles. The van der Waals surface area contributed by atoms with Crippen LogP contribution in [0, 0.1) is 13.8 Å². The third-order valence-electron chi connectivity index (χ3n) is 6.33. The minimum atomic E-state index is -0.819. The van der Waals surface area contributed by atoms with E-state index in [0.717, 1.165) is 16.7 Å². The number of ketones is 1. The van der Waals surface area contributed by atoms with E-state index in [1.165, 1.54) is 4.90 Å². The second kappa shape index (κ2) is 10.5. The quantitative estimate of drug-likeness (QED) is 0.514. The van der Waals surface area contributed by atoms with Crippen LogP contribution in [-0.4, -0.2) is 52.5 Å². The summed E-state index contributed by atoms with van der Waals surface area (Å²) >= 11 is 0. The van der Waals surface area contributed by atoms with Gasteiger partial charge in [-0.25, -0.2) is 0 Å². The molecule has 3 amide bonds. The van der Waals surface area contributed by atoms with Gasteiger partial charge in [-0.2, -0.15) is 0 Å². The lowest BCUT2D eigenvalue weighted by atomic mass is 10.1. The topological polar surface area (TPSA) is 108 Å². The molecule has 8 heteroatoms. The molecule has 1 aliphatic rings. The average molecular weight is 473 g/mol. The van der Waals surface area contributed by atoms with Gasteiger partial charge in [0.2, 0.25) is 11.7 Å². The molecule has 1 aromatic heterocycles. The maximum Gasteiger partial charge on any atom is 0.289 e. The number of aromatic nitrogens is 1. The average Bonchev–Trinajstić information content (AvgIpc) is 3.35. The highest BCUT2D eigenvalue weighted by molar-refractivity contribution is 6.38. The molecule has 3 aromatic rings. The fourth-order valence-electron chi connectivity index (χ4n) is 4.44. The van der Waals surface area contributed by atoms with Gasteiger partial charge in [0.25, 0.3) is 11.8 Å². The van der Waals surface area contributed by atoms with E-state index in [0.29, 0.717) is 35.9 Å². The SMILES string of the molecule is Cc1ccc(CNC(=O)C(=O)[C@@H]2CCCN2C(=O)CNC(=O)c2ccnc3ccccc23)c(C)c1. The van der Waals surface area contributed by atoms with Crippen LogP contribution in [-0.2, 0) is 20.9 Å². The molecule has 1 atom stereocenters. The van der Waals surface area contributed by atoms with Gasteiger partial charge >= 0.3 is 0 Å². The third kappa shape index (κ3) is 5.37. The summed E-state index contributed by atoms with van der Waals surface area (Å²) < 4.78 is 0. The predicted octanol–water partition coefficient (Wildman–Crippen LogP) is 2.46. The highest BCUT2D eigenvalue weighted by atomic mass is 16.2. The predicted molar refractivity (Wildman–Crippen MR) is 132 cm³/mol. The van der Waals surface area contributed by atoms with Gasteiger partial charge in [0.1, 0.15) is 6.04 Å². The Morgan fingerprint density at radius 1 is 1.03 bits per heavy atom. The number of aryl methyl sites for hydroxylation is 2. The molecule has 2 N–H and O–H groups in total. The minimum Gasteiger partial charge on any atom is -0.345 e. The monoisotopic (exact) mass is 472 g/mol. The van der Waals surface area contributed by atoms with Gasteiger partial charge in [-0.15, -0.1) is 0 Å². The molecular weight excluding hydrogens is 444 g/mol. The van der Waals surface area contributed by atoms with E-state index in [9.17, 15) is 19.2 Å². The number of para-hydroxylation sites is 1. The van der Waals surface area contributed by atoms with Crippen molar-refractivity contribution in [1.29, 1.82) is 0 Å². The van der Waals surface area contributed by atoms with Gasteiger partial charge in [0.05, 0.1) is 17.6 Å². The molecule has 0 radical (unpaired) electrons.